The number of hydrogen-bond donors (Lipinski definition) is 1. The summed E-state index contributed by atoms with van der Waals surface area (Å²) in [7, 11) is 0. The van der Waals surface area contributed by atoms with Crippen molar-refractivity contribution in [2.45, 2.75) is 27.2 Å². The van der Waals surface area contributed by atoms with Gasteiger partial charge in [0.1, 0.15) is 11.6 Å². The Morgan fingerprint density at radius 1 is 1.14 bits per heavy atom. The second-order valence-electron chi connectivity index (χ2n) is 4.47. The van der Waals surface area contributed by atoms with Gasteiger partial charge < -0.3 is 10.1 Å². The van der Waals surface area contributed by atoms with Gasteiger partial charge in [-0.3, -0.25) is 0 Å². The number of rotatable bonds is 6. The summed E-state index contributed by atoms with van der Waals surface area (Å²) in [6.45, 7) is 7.54. The van der Waals surface area contributed by atoms with Gasteiger partial charge in [-0.1, -0.05) is 19.1 Å². The van der Waals surface area contributed by atoms with Gasteiger partial charge in [0.15, 0.2) is 5.82 Å². The number of hydrogen-bond acceptors (Lipinski definition) is 4. The van der Waals surface area contributed by atoms with Crippen LogP contribution in [0.4, 0.5) is 5.82 Å². The van der Waals surface area contributed by atoms with E-state index in [-0.39, 0.29) is 0 Å². The summed E-state index contributed by atoms with van der Waals surface area (Å²) in [6.07, 6.45) is 0.839. The largest absolute Gasteiger partial charge is 0.493 e. The third kappa shape index (κ3) is 3.53. The molecule has 1 heterocycles. The lowest BCUT2D eigenvalue weighted by molar-refractivity contribution is 0.341. The average molecular weight is 350 g/mol. The molecule has 0 fully saturated rings. The predicted octanol–water partition coefficient (Wildman–Crippen LogP) is 4.30. The third-order valence-electron chi connectivity index (χ3n) is 3.03. The van der Waals surface area contributed by atoms with E-state index in [2.05, 4.69) is 38.1 Å². The van der Waals surface area contributed by atoms with Crippen LogP contribution in [0.3, 0.4) is 0 Å². The SMILES string of the molecule is CCNc1nc(-c2ccccc2OCC)nc(CC)c1Br. The molecule has 0 aliphatic rings. The molecule has 0 bridgehead atoms. The summed E-state index contributed by atoms with van der Waals surface area (Å²) >= 11 is 3.58. The minimum Gasteiger partial charge on any atom is -0.493 e. The summed E-state index contributed by atoms with van der Waals surface area (Å²) in [5.41, 5.74) is 1.91. The second kappa shape index (κ2) is 7.41. The number of halogens is 1. The van der Waals surface area contributed by atoms with E-state index in [0.717, 1.165) is 40.3 Å². The Morgan fingerprint density at radius 3 is 2.57 bits per heavy atom. The van der Waals surface area contributed by atoms with Crippen molar-refractivity contribution in [3.8, 4) is 17.1 Å². The zero-order valence-corrected chi connectivity index (χ0v) is 14.2. The molecule has 0 spiro atoms. The van der Waals surface area contributed by atoms with E-state index in [9.17, 15) is 0 Å². The zero-order valence-electron chi connectivity index (χ0n) is 12.6. The van der Waals surface area contributed by atoms with E-state index >= 15 is 0 Å². The summed E-state index contributed by atoms with van der Waals surface area (Å²) in [6, 6.07) is 7.87. The van der Waals surface area contributed by atoms with Crippen molar-refractivity contribution in [3.05, 3.63) is 34.4 Å². The molecule has 2 rings (SSSR count). The molecule has 1 N–H and O–H groups in total. The van der Waals surface area contributed by atoms with Gasteiger partial charge in [0.2, 0.25) is 0 Å². The molecule has 2 aromatic rings. The fourth-order valence-corrected chi connectivity index (χ4v) is 2.66. The zero-order chi connectivity index (χ0) is 15.2. The Kier molecular flexibility index (Phi) is 5.56. The lowest BCUT2D eigenvalue weighted by Crippen LogP contribution is -2.06. The fourth-order valence-electron chi connectivity index (χ4n) is 2.07. The lowest BCUT2D eigenvalue weighted by Gasteiger charge is -2.13. The molecule has 0 aliphatic carbocycles. The van der Waals surface area contributed by atoms with Crippen molar-refractivity contribution in [1.82, 2.24) is 9.97 Å². The summed E-state index contributed by atoms with van der Waals surface area (Å²) in [5.74, 6) is 2.33. The Morgan fingerprint density at radius 2 is 1.90 bits per heavy atom. The van der Waals surface area contributed by atoms with Crippen molar-refractivity contribution < 1.29 is 4.74 Å². The Bertz CT molecular complexity index is 616. The third-order valence-corrected chi connectivity index (χ3v) is 3.86. The highest BCUT2D eigenvalue weighted by molar-refractivity contribution is 9.10. The number of aromatic nitrogens is 2. The quantitative estimate of drug-likeness (QED) is 0.844. The summed E-state index contributed by atoms with van der Waals surface area (Å²) < 4.78 is 6.62. The molecule has 0 radical (unpaired) electrons. The molecule has 112 valence electrons. The second-order valence-corrected chi connectivity index (χ2v) is 5.26. The van der Waals surface area contributed by atoms with Gasteiger partial charge in [0, 0.05) is 6.54 Å². The van der Waals surface area contributed by atoms with Gasteiger partial charge in [-0.15, -0.1) is 0 Å². The molecule has 1 aromatic heterocycles. The summed E-state index contributed by atoms with van der Waals surface area (Å²) in [4.78, 5) is 9.30. The number of nitrogens with one attached hydrogen (secondary N) is 1. The highest BCUT2D eigenvalue weighted by Gasteiger charge is 2.14. The molecular weight excluding hydrogens is 330 g/mol. The van der Waals surface area contributed by atoms with E-state index in [0.29, 0.717) is 12.4 Å². The number of ether oxygens (including phenoxy) is 1. The minimum absolute atomic E-state index is 0.619. The standard InChI is InChI=1S/C16H20BrN3O/c1-4-12-14(17)16(18-5-2)20-15(19-12)11-9-7-8-10-13(11)21-6-3/h7-10H,4-6H2,1-3H3,(H,18,19,20). The van der Waals surface area contributed by atoms with Crippen LogP contribution in [0.25, 0.3) is 11.4 Å². The maximum atomic E-state index is 5.68. The van der Waals surface area contributed by atoms with Gasteiger partial charge in [-0.05, 0) is 48.3 Å². The first-order valence-electron chi connectivity index (χ1n) is 7.23. The lowest BCUT2D eigenvalue weighted by atomic mass is 10.1. The van der Waals surface area contributed by atoms with Gasteiger partial charge in [-0.25, -0.2) is 9.97 Å². The molecule has 0 unspecified atom stereocenters. The van der Waals surface area contributed by atoms with Gasteiger partial charge in [0.25, 0.3) is 0 Å². The van der Waals surface area contributed by atoms with E-state index in [1.807, 2.05) is 38.1 Å². The Balaban J connectivity index is 2.55. The topological polar surface area (TPSA) is 47.0 Å². The van der Waals surface area contributed by atoms with Gasteiger partial charge >= 0.3 is 0 Å². The number of anilines is 1. The van der Waals surface area contributed by atoms with Crippen molar-refractivity contribution in [2.24, 2.45) is 0 Å². The molecule has 21 heavy (non-hydrogen) atoms. The number of aryl methyl sites for hydroxylation is 1. The molecule has 0 amide bonds. The van der Waals surface area contributed by atoms with Crippen LogP contribution in [-0.2, 0) is 6.42 Å². The van der Waals surface area contributed by atoms with Crippen LogP contribution in [0.1, 0.15) is 26.5 Å². The van der Waals surface area contributed by atoms with Crippen LogP contribution < -0.4 is 10.1 Å². The van der Waals surface area contributed by atoms with Crippen LogP contribution in [0.15, 0.2) is 28.7 Å². The molecule has 0 saturated heterocycles. The van der Waals surface area contributed by atoms with Gasteiger partial charge in [0.05, 0.1) is 22.3 Å². The highest BCUT2D eigenvalue weighted by Crippen LogP contribution is 2.32. The molecule has 0 aliphatic heterocycles. The van der Waals surface area contributed by atoms with E-state index in [4.69, 9.17) is 4.74 Å². The predicted molar refractivity (Wildman–Crippen MR) is 89.9 cm³/mol. The van der Waals surface area contributed by atoms with E-state index in [1.165, 1.54) is 0 Å². The number of nitrogens with zero attached hydrogens (tertiary/aromatic N) is 2. The Labute approximate surface area is 134 Å². The molecule has 1 aromatic carbocycles. The first kappa shape index (κ1) is 15.8. The van der Waals surface area contributed by atoms with E-state index in [1.54, 1.807) is 0 Å². The van der Waals surface area contributed by atoms with Crippen LogP contribution in [0, 0.1) is 0 Å². The van der Waals surface area contributed by atoms with Crippen molar-refractivity contribution in [1.29, 1.82) is 0 Å². The molecule has 0 atom stereocenters. The maximum absolute atomic E-state index is 5.68. The molecule has 5 heteroatoms. The fraction of sp³-hybridized carbons (Fsp3) is 0.375. The molecule has 0 saturated carbocycles. The molecular formula is C16H20BrN3O. The minimum atomic E-state index is 0.619. The van der Waals surface area contributed by atoms with Crippen molar-refractivity contribution in [2.75, 3.05) is 18.5 Å². The van der Waals surface area contributed by atoms with Crippen LogP contribution in [0.2, 0.25) is 0 Å². The van der Waals surface area contributed by atoms with Gasteiger partial charge in [-0.2, -0.15) is 0 Å². The van der Waals surface area contributed by atoms with Crippen LogP contribution in [0.5, 0.6) is 5.75 Å². The Hall–Kier alpha value is -1.62. The smallest absolute Gasteiger partial charge is 0.165 e. The van der Waals surface area contributed by atoms with Crippen LogP contribution >= 0.6 is 15.9 Å². The first-order chi connectivity index (χ1) is 10.2. The van der Waals surface area contributed by atoms with Crippen molar-refractivity contribution in [3.63, 3.8) is 0 Å². The average Bonchev–Trinajstić information content (AvgIpc) is 2.50. The normalized spacial score (nSPS) is 10.5. The molecule has 4 nitrogen and oxygen atoms in total. The summed E-state index contributed by atoms with van der Waals surface area (Å²) in [5, 5.41) is 3.27. The first-order valence-corrected chi connectivity index (χ1v) is 8.02. The van der Waals surface area contributed by atoms with E-state index < -0.39 is 0 Å². The number of para-hydroxylation sites is 1. The monoisotopic (exact) mass is 349 g/mol. The maximum Gasteiger partial charge on any atom is 0.165 e. The van der Waals surface area contributed by atoms with Crippen molar-refractivity contribution >= 4 is 21.7 Å². The highest BCUT2D eigenvalue weighted by atomic mass is 79.9. The number of benzene rings is 1. The van der Waals surface area contributed by atoms with Crippen LogP contribution in [-0.4, -0.2) is 23.1 Å².